The van der Waals surface area contributed by atoms with Crippen LogP contribution < -0.4 is 10.5 Å². The zero-order valence-corrected chi connectivity index (χ0v) is 17.3. The molecule has 3 aromatic rings. The number of thioether (sulfide) groups is 1. The molecule has 0 spiro atoms. The van der Waals surface area contributed by atoms with E-state index in [0.29, 0.717) is 24.7 Å². The van der Waals surface area contributed by atoms with Gasteiger partial charge in [-0.05, 0) is 31.2 Å². The van der Waals surface area contributed by atoms with Gasteiger partial charge in [0.05, 0.1) is 16.8 Å². The fourth-order valence-electron chi connectivity index (χ4n) is 3.65. The van der Waals surface area contributed by atoms with Crippen molar-refractivity contribution >= 4 is 34.4 Å². The minimum atomic E-state index is -0.127. The average molecular weight is 409 g/mol. The molecule has 29 heavy (non-hydrogen) atoms. The Kier molecular flexibility index (Phi) is 5.85. The molecule has 1 saturated heterocycles. The van der Waals surface area contributed by atoms with Gasteiger partial charge in [0.15, 0.2) is 5.03 Å². The van der Waals surface area contributed by atoms with Crippen LogP contribution >= 0.6 is 11.8 Å². The molecule has 4 rings (SSSR count). The number of carbonyl (C=O) groups is 1. The third-order valence-corrected chi connectivity index (χ3v) is 6.16. The lowest BCUT2D eigenvalue weighted by Crippen LogP contribution is -2.49. The van der Waals surface area contributed by atoms with Gasteiger partial charge in [0, 0.05) is 38.4 Å². The minimum absolute atomic E-state index is 0.0557. The fourth-order valence-corrected chi connectivity index (χ4v) is 4.49. The van der Waals surface area contributed by atoms with E-state index in [1.54, 1.807) is 4.57 Å². The van der Waals surface area contributed by atoms with Crippen LogP contribution in [0.25, 0.3) is 11.0 Å². The molecule has 0 radical (unpaired) electrons. The summed E-state index contributed by atoms with van der Waals surface area (Å²) < 4.78 is 1.72. The molecular weight excluding hydrogens is 384 g/mol. The van der Waals surface area contributed by atoms with E-state index >= 15 is 0 Å². The summed E-state index contributed by atoms with van der Waals surface area (Å²) in [6.07, 6.45) is 0. The molecule has 6 nitrogen and oxygen atoms in total. The second kappa shape index (κ2) is 8.69. The van der Waals surface area contributed by atoms with Gasteiger partial charge in [0.1, 0.15) is 0 Å². The average Bonchev–Trinajstić information content (AvgIpc) is 2.78. The van der Waals surface area contributed by atoms with E-state index < -0.39 is 0 Å². The lowest BCUT2D eigenvalue weighted by atomic mass is 10.2. The van der Waals surface area contributed by atoms with Crippen LogP contribution in [0.1, 0.15) is 6.92 Å². The lowest BCUT2D eigenvalue weighted by molar-refractivity contribution is -0.128. The Morgan fingerprint density at radius 3 is 2.41 bits per heavy atom. The number of piperazine rings is 1. The molecule has 2 aromatic carbocycles. The van der Waals surface area contributed by atoms with Gasteiger partial charge < -0.3 is 14.4 Å². The SMILES string of the molecule is CCn1c(=O)c(SCC(=O)N2CCN(c3ccccc3)CC2)nc2ccccc21. The monoisotopic (exact) mass is 408 g/mol. The first-order chi connectivity index (χ1) is 14.2. The summed E-state index contributed by atoms with van der Waals surface area (Å²) in [5.41, 5.74) is 2.67. The molecule has 0 bridgehead atoms. The Morgan fingerprint density at radius 1 is 1.00 bits per heavy atom. The van der Waals surface area contributed by atoms with Crippen LogP contribution in [0, 0.1) is 0 Å². The van der Waals surface area contributed by atoms with Crippen LogP contribution in [0.3, 0.4) is 0 Å². The van der Waals surface area contributed by atoms with E-state index in [4.69, 9.17) is 0 Å². The molecule has 0 atom stereocenters. The molecule has 2 heterocycles. The van der Waals surface area contributed by atoms with Crippen LogP contribution in [0.15, 0.2) is 64.4 Å². The number of benzene rings is 2. The van der Waals surface area contributed by atoms with E-state index in [1.165, 1.54) is 17.4 Å². The first-order valence-electron chi connectivity index (χ1n) is 9.87. The Bertz CT molecular complexity index is 1060. The molecule has 1 aliphatic heterocycles. The number of fused-ring (bicyclic) bond motifs is 1. The molecule has 0 aliphatic carbocycles. The quantitative estimate of drug-likeness (QED) is 0.608. The number of anilines is 1. The van der Waals surface area contributed by atoms with Crippen molar-refractivity contribution in [3.05, 3.63) is 65.0 Å². The Balaban J connectivity index is 1.40. The predicted molar refractivity (Wildman–Crippen MR) is 118 cm³/mol. The van der Waals surface area contributed by atoms with E-state index in [9.17, 15) is 9.59 Å². The topological polar surface area (TPSA) is 58.4 Å². The molecular formula is C22H24N4O2S. The van der Waals surface area contributed by atoms with Crippen molar-refractivity contribution in [3.63, 3.8) is 0 Å². The highest BCUT2D eigenvalue weighted by atomic mass is 32.2. The molecule has 1 amide bonds. The summed E-state index contributed by atoms with van der Waals surface area (Å²) in [5, 5.41) is 0.391. The van der Waals surface area contributed by atoms with Gasteiger partial charge in [0.2, 0.25) is 5.91 Å². The Labute approximate surface area is 174 Å². The second-order valence-electron chi connectivity index (χ2n) is 6.95. The smallest absolute Gasteiger partial charge is 0.283 e. The molecule has 1 aliphatic rings. The summed E-state index contributed by atoms with van der Waals surface area (Å²) in [5.74, 6) is 0.287. The van der Waals surface area contributed by atoms with Crippen LogP contribution in [-0.4, -0.2) is 52.3 Å². The van der Waals surface area contributed by atoms with Gasteiger partial charge in [-0.1, -0.05) is 42.1 Å². The summed E-state index contributed by atoms with van der Waals surface area (Å²) >= 11 is 1.24. The van der Waals surface area contributed by atoms with E-state index in [-0.39, 0.29) is 17.2 Å². The van der Waals surface area contributed by atoms with Crippen LogP contribution in [0.2, 0.25) is 0 Å². The molecule has 0 N–H and O–H groups in total. The Morgan fingerprint density at radius 2 is 1.69 bits per heavy atom. The summed E-state index contributed by atoms with van der Waals surface area (Å²) in [6.45, 7) is 5.54. The van der Waals surface area contributed by atoms with Gasteiger partial charge in [0.25, 0.3) is 5.56 Å². The van der Waals surface area contributed by atoms with Gasteiger partial charge >= 0.3 is 0 Å². The molecule has 7 heteroatoms. The van der Waals surface area contributed by atoms with E-state index in [1.807, 2.05) is 54.3 Å². The third-order valence-electron chi connectivity index (χ3n) is 5.22. The zero-order valence-electron chi connectivity index (χ0n) is 16.5. The molecule has 1 aromatic heterocycles. The van der Waals surface area contributed by atoms with Crippen molar-refractivity contribution < 1.29 is 4.79 Å². The van der Waals surface area contributed by atoms with Crippen molar-refractivity contribution in [2.75, 3.05) is 36.8 Å². The van der Waals surface area contributed by atoms with Crippen LogP contribution in [0.4, 0.5) is 5.69 Å². The number of aromatic nitrogens is 2. The van der Waals surface area contributed by atoms with E-state index in [2.05, 4.69) is 22.0 Å². The maximum atomic E-state index is 12.8. The van der Waals surface area contributed by atoms with Gasteiger partial charge in [-0.25, -0.2) is 4.98 Å². The van der Waals surface area contributed by atoms with E-state index in [0.717, 1.165) is 24.1 Å². The number of carbonyl (C=O) groups excluding carboxylic acids is 1. The Hall–Kier alpha value is -2.80. The van der Waals surface area contributed by atoms with Crippen molar-refractivity contribution in [3.8, 4) is 0 Å². The van der Waals surface area contributed by atoms with Crippen LogP contribution in [-0.2, 0) is 11.3 Å². The standard InChI is InChI=1S/C22H24N4O2S/c1-2-26-19-11-7-6-10-18(19)23-21(22(26)28)29-16-20(27)25-14-12-24(13-15-25)17-8-4-3-5-9-17/h3-11H,2,12-16H2,1H3. The number of rotatable bonds is 5. The molecule has 150 valence electrons. The maximum absolute atomic E-state index is 12.8. The number of aryl methyl sites for hydroxylation is 1. The van der Waals surface area contributed by atoms with Crippen molar-refractivity contribution in [1.29, 1.82) is 0 Å². The highest BCUT2D eigenvalue weighted by Gasteiger charge is 2.22. The number of para-hydroxylation sites is 3. The van der Waals surface area contributed by atoms with Gasteiger partial charge in [-0.2, -0.15) is 0 Å². The highest BCUT2D eigenvalue weighted by molar-refractivity contribution is 7.99. The number of amides is 1. The first-order valence-corrected chi connectivity index (χ1v) is 10.9. The zero-order chi connectivity index (χ0) is 20.2. The summed E-state index contributed by atoms with van der Waals surface area (Å²) in [6, 6.07) is 17.9. The van der Waals surface area contributed by atoms with Gasteiger partial charge in [-0.15, -0.1) is 0 Å². The molecule has 1 fully saturated rings. The lowest BCUT2D eigenvalue weighted by Gasteiger charge is -2.36. The number of nitrogens with zero attached hydrogens (tertiary/aromatic N) is 4. The van der Waals surface area contributed by atoms with Crippen molar-refractivity contribution in [2.24, 2.45) is 0 Å². The normalized spacial score (nSPS) is 14.4. The fraction of sp³-hybridized carbons (Fsp3) is 0.318. The van der Waals surface area contributed by atoms with Crippen molar-refractivity contribution in [2.45, 2.75) is 18.5 Å². The molecule has 0 unspecified atom stereocenters. The van der Waals surface area contributed by atoms with Gasteiger partial charge in [-0.3, -0.25) is 9.59 Å². The third kappa shape index (κ3) is 4.15. The largest absolute Gasteiger partial charge is 0.368 e. The maximum Gasteiger partial charge on any atom is 0.283 e. The number of hydrogen-bond donors (Lipinski definition) is 0. The number of hydrogen-bond acceptors (Lipinski definition) is 5. The van der Waals surface area contributed by atoms with Crippen molar-refractivity contribution in [1.82, 2.24) is 14.5 Å². The molecule has 0 saturated carbocycles. The minimum Gasteiger partial charge on any atom is -0.368 e. The summed E-state index contributed by atoms with van der Waals surface area (Å²) in [4.78, 5) is 34.1. The second-order valence-corrected chi connectivity index (χ2v) is 7.91. The van der Waals surface area contributed by atoms with Crippen LogP contribution in [0.5, 0.6) is 0 Å². The first kappa shape index (κ1) is 19.5. The highest BCUT2D eigenvalue weighted by Crippen LogP contribution is 2.19. The summed E-state index contributed by atoms with van der Waals surface area (Å²) in [7, 11) is 0. The predicted octanol–water partition coefficient (Wildman–Crippen LogP) is 2.86.